The number of nitrogens with one attached hydrogen (secondary N) is 1. The summed E-state index contributed by atoms with van der Waals surface area (Å²) >= 11 is 0. The molecule has 0 bridgehead atoms. The third kappa shape index (κ3) is 5.10. The summed E-state index contributed by atoms with van der Waals surface area (Å²) in [6.45, 7) is 3.85. The van der Waals surface area contributed by atoms with E-state index in [1.807, 2.05) is 44.2 Å². The maximum absolute atomic E-state index is 11.7. The van der Waals surface area contributed by atoms with Gasteiger partial charge in [0.25, 0.3) is 0 Å². The molecule has 0 spiro atoms. The third-order valence-electron chi connectivity index (χ3n) is 2.49. The molecule has 1 atom stereocenters. The Kier molecular flexibility index (Phi) is 5.52. The minimum Gasteiger partial charge on any atom is -0.320 e. The zero-order valence-electron chi connectivity index (χ0n) is 10.8. The van der Waals surface area contributed by atoms with Crippen LogP contribution in [0.15, 0.2) is 30.3 Å². The Labute approximate surface area is 108 Å². The molecule has 1 rings (SSSR count). The van der Waals surface area contributed by atoms with E-state index in [0.29, 0.717) is 12.8 Å². The standard InChI is InChI=1S/C14H20N2O2/c1-10(2)8-13(17)16-14(18)12(15)9-11-6-4-3-5-7-11/h3-7,10,12H,8-9,15H2,1-2H3,(H,16,17,18)/t12-/m0/s1. The fourth-order valence-electron chi connectivity index (χ4n) is 1.61. The Morgan fingerprint density at radius 2 is 1.83 bits per heavy atom. The van der Waals surface area contributed by atoms with E-state index < -0.39 is 11.9 Å². The molecule has 0 aliphatic rings. The largest absolute Gasteiger partial charge is 0.320 e. The van der Waals surface area contributed by atoms with Crippen LogP contribution < -0.4 is 11.1 Å². The molecule has 2 amide bonds. The van der Waals surface area contributed by atoms with Crippen LogP contribution in [-0.4, -0.2) is 17.9 Å². The third-order valence-corrected chi connectivity index (χ3v) is 2.49. The Balaban J connectivity index is 2.44. The van der Waals surface area contributed by atoms with Gasteiger partial charge in [-0.3, -0.25) is 14.9 Å². The summed E-state index contributed by atoms with van der Waals surface area (Å²) in [5, 5.41) is 2.33. The Morgan fingerprint density at radius 1 is 1.22 bits per heavy atom. The summed E-state index contributed by atoms with van der Waals surface area (Å²) < 4.78 is 0. The molecule has 3 N–H and O–H groups in total. The van der Waals surface area contributed by atoms with Gasteiger partial charge in [-0.05, 0) is 17.9 Å². The van der Waals surface area contributed by atoms with Crippen molar-refractivity contribution in [3.63, 3.8) is 0 Å². The van der Waals surface area contributed by atoms with Gasteiger partial charge < -0.3 is 5.73 Å². The fourth-order valence-corrected chi connectivity index (χ4v) is 1.61. The fraction of sp³-hybridized carbons (Fsp3) is 0.429. The average molecular weight is 248 g/mol. The van der Waals surface area contributed by atoms with Gasteiger partial charge in [-0.1, -0.05) is 44.2 Å². The second kappa shape index (κ2) is 6.91. The molecule has 4 nitrogen and oxygen atoms in total. The highest BCUT2D eigenvalue weighted by atomic mass is 16.2. The highest BCUT2D eigenvalue weighted by molar-refractivity contribution is 5.97. The van der Waals surface area contributed by atoms with Gasteiger partial charge in [-0.15, -0.1) is 0 Å². The van der Waals surface area contributed by atoms with Crippen molar-refractivity contribution >= 4 is 11.8 Å². The van der Waals surface area contributed by atoms with Crippen molar-refractivity contribution in [2.24, 2.45) is 11.7 Å². The molecule has 0 aromatic heterocycles. The number of carbonyl (C=O) groups excluding carboxylic acids is 2. The summed E-state index contributed by atoms with van der Waals surface area (Å²) in [5.74, 6) is -0.453. The first-order chi connectivity index (χ1) is 8.49. The molecule has 1 aromatic carbocycles. The first kappa shape index (κ1) is 14.4. The smallest absolute Gasteiger partial charge is 0.243 e. The molecule has 0 saturated carbocycles. The lowest BCUT2D eigenvalue weighted by atomic mass is 10.1. The van der Waals surface area contributed by atoms with Gasteiger partial charge in [0, 0.05) is 6.42 Å². The summed E-state index contributed by atoms with van der Waals surface area (Å²) in [5.41, 5.74) is 6.75. The summed E-state index contributed by atoms with van der Waals surface area (Å²) in [4.78, 5) is 23.1. The highest BCUT2D eigenvalue weighted by Crippen LogP contribution is 2.02. The lowest BCUT2D eigenvalue weighted by Crippen LogP contribution is -2.44. The van der Waals surface area contributed by atoms with Crippen LogP contribution in [0.25, 0.3) is 0 Å². The van der Waals surface area contributed by atoms with Gasteiger partial charge >= 0.3 is 0 Å². The molecule has 0 fully saturated rings. The van der Waals surface area contributed by atoms with E-state index >= 15 is 0 Å². The van der Waals surface area contributed by atoms with Crippen LogP contribution in [0.2, 0.25) is 0 Å². The van der Waals surface area contributed by atoms with Crippen LogP contribution in [0, 0.1) is 5.92 Å². The van der Waals surface area contributed by atoms with Gasteiger partial charge in [0.1, 0.15) is 0 Å². The maximum atomic E-state index is 11.7. The normalized spacial score (nSPS) is 12.2. The number of benzene rings is 1. The van der Waals surface area contributed by atoms with E-state index in [2.05, 4.69) is 5.32 Å². The molecule has 1 aromatic rings. The minimum absolute atomic E-state index is 0.225. The van der Waals surface area contributed by atoms with Crippen LogP contribution in [-0.2, 0) is 16.0 Å². The SMILES string of the molecule is CC(C)CC(=O)NC(=O)[C@@H](N)Cc1ccccc1. The van der Waals surface area contributed by atoms with Crippen molar-refractivity contribution < 1.29 is 9.59 Å². The number of rotatable bonds is 5. The van der Waals surface area contributed by atoms with Crippen molar-refractivity contribution in [3.8, 4) is 0 Å². The molecule has 0 radical (unpaired) electrons. The molecule has 0 aliphatic carbocycles. The van der Waals surface area contributed by atoms with E-state index in [9.17, 15) is 9.59 Å². The van der Waals surface area contributed by atoms with Gasteiger partial charge in [-0.2, -0.15) is 0 Å². The molecule has 4 heteroatoms. The number of hydrogen-bond donors (Lipinski definition) is 2. The molecule has 0 aliphatic heterocycles. The number of hydrogen-bond acceptors (Lipinski definition) is 3. The molecule has 0 unspecified atom stereocenters. The zero-order valence-corrected chi connectivity index (χ0v) is 10.8. The van der Waals surface area contributed by atoms with Crippen LogP contribution in [0.4, 0.5) is 0 Å². The highest BCUT2D eigenvalue weighted by Gasteiger charge is 2.17. The summed E-state index contributed by atoms with van der Waals surface area (Å²) in [7, 11) is 0. The minimum atomic E-state index is -0.691. The number of amides is 2. The van der Waals surface area contributed by atoms with Crippen LogP contribution in [0.3, 0.4) is 0 Å². The van der Waals surface area contributed by atoms with Gasteiger partial charge in [-0.25, -0.2) is 0 Å². The molecular formula is C14H20N2O2. The van der Waals surface area contributed by atoms with E-state index in [-0.39, 0.29) is 11.8 Å². The van der Waals surface area contributed by atoms with Crippen molar-refractivity contribution in [1.82, 2.24) is 5.32 Å². The van der Waals surface area contributed by atoms with Crippen molar-refractivity contribution in [3.05, 3.63) is 35.9 Å². The predicted octanol–water partition coefficient (Wildman–Crippen LogP) is 1.25. The number of nitrogens with two attached hydrogens (primary N) is 1. The van der Waals surface area contributed by atoms with Crippen LogP contribution >= 0.6 is 0 Å². The number of carbonyl (C=O) groups is 2. The van der Waals surface area contributed by atoms with Crippen molar-refractivity contribution in [2.75, 3.05) is 0 Å². The van der Waals surface area contributed by atoms with E-state index in [4.69, 9.17) is 5.73 Å². The van der Waals surface area contributed by atoms with Gasteiger partial charge in [0.2, 0.25) is 11.8 Å². The van der Waals surface area contributed by atoms with E-state index in [1.54, 1.807) is 0 Å². The molecule has 18 heavy (non-hydrogen) atoms. The van der Waals surface area contributed by atoms with Crippen LogP contribution in [0.1, 0.15) is 25.8 Å². The first-order valence-corrected chi connectivity index (χ1v) is 6.12. The molecule has 98 valence electrons. The first-order valence-electron chi connectivity index (χ1n) is 6.12. The predicted molar refractivity (Wildman–Crippen MR) is 70.7 cm³/mol. The lowest BCUT2D eigenvalue weighted by molar-refractivity contribution is -0.131. The van der Waals surface area contributed by atoms with E-state index in [0.717, 1.165) is 5.56 Å². The van der Waals surface area contributed by atoms with Crippen LogP contribution in [0.5, 0.6) is 0 Å². The van der Waals surface area contributed by atoms with Gasteiger partial charge in [0.05, 0.1) is 6.04 Å². The summed E-state index contributed by atoms with van der Waals surface area (Å²) in [6.07, 6.45) is 0.769. The van der Waals surface area contributed by atoms with Gasteiger partial charge in [0.15, 0.2) is 0 Å². The quantitative estimate of drug-likeness (QED) is 0.823. The zero-order chi connectivity index (χ0) is 13.5. The second-order valence-electron chi connectivity index (χ2n) is 4.81. The number of imide groups is 1. The molecular weight excluding hydrogens is 228 g/mol. The van der Waals surface area contributed by atoms with Crippen molar-refractivity contribution in [2.45, 2.75) is 32.7 Å². The van der Waals surface area contributed by atoms with Crippen molar-refractivity contribution in [1.29, 1.82) is 0 Å². The average Bonchev–Trinajstić information content (AvgIpc) is 2.28. The van der Waals surface area contributed by atoms with E-state index in [1.165, 1.54) is 0 Å². The molecule has 0 heterocycles. The summed E-state index contributed by atoms with van der Waals surface area (Å²) in [6, 6.07) is 8.81. The molecule has 0 saturated heterocycles. The second-order valence-corrected chi connectivity index (χ2v) is 4.81. The maximum Gasteiger partial charge on any atom is 0.243 e. The topological polar surface area (TPSA) is 72.2 Å². The Morgan fingerprint density at radius 3 is 2.39 bits per heavy atom. The monoisotopic (exact) mass is 248 g/mol. The Hall–Kier alpha value is -1.68. The lowest BCUT2D eigenvalue weighted by Gasteiger charge is -2.12. The Bertz CT molecular complexity index is 402.